The molecule has 3 aromatic rings. The third-order valence-electron chi connectivity index (χ3n) is 6.21. The topological polar surface area (TPSA) is 84.2 Å². The lowest BCUT2D eigenvalue weighted by Gasteiger charge is -2.37. The Bertz CT molecular complexity index is 1060. The quantitative estimate of drug-likeness (QED) is 0.690. The van der Waals surface area contributed by atoms with Crippen molar-refractivity contribution >= 4 is 11.7 Å². The molecule has 1 N–H and O–H groups in total. The minimum Gasteiger partial charge on any atom is -0.339 e. The van der Waals surface area contributed by atoms with Gasteiger partial charge in [0.15, 0.2) is 0 Å². The zero-order valence-electron chi connectivity index (χ0n) is 16.6. The smallest absolute Gasteiger partial charge is 0.322 e. The van der Waals surface area contributed by atoms with Crippen LogP contribution in [0.4, 0.5) is 14.9 Å². The highest BCUT2D eigenvalue weighted by Crippen LogP contribution is 2.43. The van der Waals surface area contributed by atoms with Crippen molar-refractivity contribution in [2.75, 3.05) is 5.32 Å². The van der Waals surface area contributed by atoms with Crippen LogP contribution >= 0.6 is 0 Å². The molecule has 1 aromatic carbocycles. The van der Waals surface area contributed by atoms with E-state index in [-0.39, 0.29) is 29.8 Å². The molecule has 2 amide bonds. The molecule has 4 heterocycles. The summed E-state index contributed by atoms with van der Waals surface area (Å²) in [7, 11) is 0. The maximum Gasteiger partial charge on any atom is 0.322 e. The fraction of sp³-hybridized carbons (Fsp3) is 0.364. The maximum absolute atomic E-state index is 13.8. The number of nitrogens with zero attached hydrogens (tertiary/aromatic N) is 4. The second-order valence-electron chi connectivity index (χ2n) is 8.00. The molecule has 0 aliphatic carbocycles. The number of nitrogens with one attached hydrogen (secondary N) is 1. The van der Waals surface area contributed by atoms with E-state index < -0.39 is 0 Å². The van der Waals surface area contributed by atoms with Crippen LogP contribution in [0.5, 0.6) is 0 Å². The number of piperidine rings is 1. The van der Waals surface area contributed by atoms with E-state index in [0.29, 0.717) is 23.0 Å². The number of amides is 2. The number of hydrogen-bond donors (Lipinski definition) is 1. The number of benzene rings is 1. The summed E-state index contributed by atoms with van der Waals surface area (Å²) in [6.45, 7) is 1.67. The Morgan fingerprint density at radius 2 is 1.90 bits per heavy atom. The Balaban J connectivity index is 1.30. The third kappa shape index (κ3) is 3.32. The number of fused-ring (bicyclic) bond motifs is 2. The van der Waals surface area contributed by atoms with Gasteiger partial charge < -0.3 is 14.7 Å². The van der Waals surface area contributed by atoms with Crippen molar-refractivity contribution in [2.24, 2.45) is 0 Å². The minimum absolute atomic E-state index is 0.110. The Morgan fingerprint density at radius 3 is 2.63 bits per heavy atom. The van der Waals surface area contributed by atoms with Gasteiger partial charge in [0.05, 0.1) is 0 Å². The predicted octanol–water partition coefficient (Wildman–Crippen LogP) is 4.52. The molecule has 2 bridgehead atoms. The first kappa shape index (κ1) is 18.7. The Hall–Kier alpha value is -3.29. The van der Waals surface area contributed by atoms with Crippen LogP contribution in [-0.2, 0) is 0 Å². The molecule has 0 spiro atoms. The first-order valence-corrected chi connectivity index (χ1v) is 10.2. The standard InChI is InChI=1S/C22H22FN5O2/c1-13-18(23)3-2-4-19(13)25-22(29)28-16-5-6-17(28)12-15(11-16)21-26-20(27-30-21)14-7-9-24-10-8-14/h2-4,7-10,15-17H,5-6,11-12H2,1H3,(H,25,29)/t15?,16-,17+. The third-order valence-corrected chi connectivity index (χ3v) is 6.21. The molecule has 2 fully saturated rings. The number of carbonyl (C=O) groups excluding carboxylic acids is 1. The van der Waals surface area contributed by atoms with Gasteiger partial charge in [-0.15, -0.1) is 0 Å². The fourth-order valence-corrected chi connectivity index (χ4v) is 4.65. The molecule has 154 valence electrons. The van der Waals surface area contributed by atoms with Crippen molar-refractivity contribution in [3.8, 4) is 11.4 Å². The van der Waals surface area contributed by atoms with Crippen molar-refractivity contribution in [1.82, 2.24) is 20.0 Å². The number of halogens is 1. The summed E-state index contributed by atoms with van der Waals surface area (Å²) >= 11 is 0. The minimum atomic E-state index is -0.323. The fourth-order valence-electron chi connectivity index (χ4n) is 4.65. The Morgan fingerprint density at radius 1 is 1.17 bits per heavy atom. The Kier molecular flexibility index (Phi) is 4.69. The zero-order valence-corrected chi connectivity index (χ0v) is 16.6. The number of rotatable bonds is 3. The summed E-state index contributed by atoms with van der Waals surface area (Å²) in [5.41, 5.74) is 1.83. The number of carbonyl (C=O) groups is 1. The van der Waals surface area contributed by atoms with Gasteiger partial charge in [0.25, 0.3) is 0 Å². The van der Waals surface area contributed by atoms with Gasteiger partial charge in [-0.25, -0.2) is 9.18 Å². The molecule has 3 atom stereocenters. The zero-order chi connectivity index (χ0) is 20.7. The van der Waals surface area contributed by atoms with E-state index in [1.807, 2.05) is 17.0 Å². The van der Waals surface area contributed by atoms with E-state index in [4.69, 9.17) is 4.52 Å². The van der Waals surface area contributed by atoms with Crippen LogP contribution in [0.15, 0.2) is 47.2 Å². The first-order chi connectivity index (χ1) is 14.6. The number of urea groups is 1. The highest BCUT2D eigenvalue weighted by Gasteiger charge is 2.45. The lowest BCUT2D eigenvalue weighted by atomic mass is 9.91. The average molecular weight is 407 g/mol. The molecule has 30 heavy (non-hydrogen) atoms. The van der Waals surface area contributed by atoms with Crippen LogP contribution in [0.25, 0.3) is 11.4 Å². The van der Waals surface area contributed by atoms with Gasteiger partial charge in [0.2, 0.25) is 11.7 Å². The summed E-state index contributed by atoms with van der Waals surface area (Å²) in [6, 6.07) is 8.47. The van der Waals surface area contributed by atoms with Crippen LogP contribution in [-0.4, -0.2) is 38.1 Å². The van der Waals surface area contributed by atoms with E-state index in [1.54, 1.807) is 31.5 Å². The van der Waals surface area contributed by atoms with Crippen LogP contribution in [0.3, 0.4) is 0 Å². The number of anilines is 1. The molecule has 0 radical (unpaired) electrons. The molecule has 0 saturated carbocycles. The number of hydrogen-bond acceptors (Lipinski definition) is 5. The average Bonchev–Trinajstić information content (AvgIpc) is 3.35. The molecule has 7 nitrogen and oxygen atoms in total. The maximum atomic E-state index is 13.8. The van der Waals surface area contributed by atoms with E-state index in [9.17, 15) is 9.18 Å². The molecule has 1 unspecified atom stereocenters. The number of pyridine rings is 1. The summed E-state index contributed by atoms with van der Waals surface area (Å²) in [5, 5.41) is 7.01. The second-order valence-corrected chi connectivity index (χ2v) is 8.00. The van der Waals surface area contributed by atoms with Crippen LogP contribution in [0, 0.1) is 12.7 Å². The van der Waals surface area contributed by atoms with Crippen molar-refractivity contribution in [3.05, 3.63) is 60.0 Å². The highest BCUT2D eigenvalue weighted by molar-refractivity contribution is 5.91. The van der Waals surface area contributed by atoms with Crippen molar-refractivity contribution in [1.29, 1.82) is 0 Å². The van der Waals surface area contributed by atoms with Crippen LogP contribution < -0.4 is 5.32 Å². The summed E-state index contributed by atoms with van der Waals surface area (Å²) < 4.78 is 19.4. The van der Waals surface area contributed by atoms with E-state index in [1.165, 1.54) is 6.07 Å². The summed E-state index contributed by atoms with van der Waals surface area (Å²) in [4.78, 5) is 23.5. The summed E-state index contributed by atoms with van der Waals surface area (Å²) in [5.74, 6) is 0.989. The molecule has 5 rings (SSSR count). The van der Waals surface area contributed by atoms with Gasteiger partial charge >= 0.3 is 6.03 Å². The van der Waals surface area contributed by atoms with Gasteiger partial charge in [0.1, 0.15) is 5.82 Å². The molecule has 2 aliphatic rings. The van der Waals surface area contributed by atoms with E-state index in [2.05, 4.69) is 20.4 Å². The van der Waals surface area contributed by atoms with Gasteiger partial charge in [-0.05, 0) is 56.9 Å². The molecule has 2 aliphatic heterocycles. The van der Waals surface area contributed by atoms with Gasteiger partial charge in [-0.2, -0.15) is 4.98 Å². The molecule has 2 saturated heterocycles. The molecular formula is C22H22FN5O2. The van der Waals surface area contributed by atoms with Crippen molar-refractivity contribution in [2.45, 2.75) is 50.6 Å². The predicted molar refractivity (Wildman–Crippen MR) is 108 cm³/mol. The Labute approximate surface area is 173 Å². The van der Waals surface area contributed by atoms with E-state index in [0.717, 1.165) is 31.2 Å². The largest absolute Gasteiger partial charge is 0.339 e. The highest BCUT2D eigenvalue weighted by atomic mass is 19.1. The van der Waals surface area contributed by atoms with Gasteiger partial charge in [-0.1, -0.05) is 11.2 Å². The van der Waals surface area contributed by atoms with Crippen LogP contribution in [0.2, 0.25) is 0 Å². The second kappa shape index (κ2) is 7.51. The van der Waals surface area contributed by atoms with Gasteiger partial charge in [0, 0.05) is 47.2 Å². The normalized spacial score (nSPS) is 22.9. The van der Waals surface area contributed by atoms with Crippen molar-refractivity contribution in [3.63, 3.8) is 0 Å². The molecular weight excluding hydrogens is 385 g/mol. The van der Waals surface area contributed by atoms with Crippen molar-refractivity contribution < 1.29 is 13.7 Å². The first-order valence-electron chi connectivity index (χ1n) is 10.2. The summed E-state index contributed by atoms with van der Waals surface area (Å²) in [6.07, 6.45) is 6.85. The van der Waals surface area contributed by atoms with E-state index >= 15 is 0 Å². The van der Waals surface area contributed by atoms with Crippen LogP contribution in [0.1, 0.15) is 43.1 Å². The molecule has 8 heteroatoms. The number of aromatic nitrogens is 3. The monoisotopic (exact) mass is 407 g/mol. The van der Waals surface area contributed by atoms with Gasteiger partial charge in [-0.3, -0.25) is 4.98 Å². The SMILES string of the molecule is Cc1c(F)cccc1NC(=O)N1[C@@H]2CC[C@H]1CC(c1nc(-c3ccncc3)no1)C2. The molecule has 2 aromatic heterocycles. The lowest BCUT2D eigenvalue weighted by Crippen LogP contribution is -2.48. The lowest BCUT2D eigenvalue weighted by molar-refractivity contribution is 0.140.